The maximum atomic E-state index is 12.3. The van der Waals surface area contributed by atoms with Crippen molar-refractivity contribution >= 4 is 23.4 Å². The molecule has 0 spiro atoms. The molecule has 0 aromatic heterocycles. The van der Waals surface area contributed by atoms with Gasteiger partial charge in [-0.15, -0.1) is 0 Å². The highest BCUT2D eigenvalue weighted by Crippen LogP contribution is 2.30. The zero-order chi connectivity index (χ0) is 16.3. The summed E-state index contributed by atoms with van der Waals surface area (Å²) in [5.41, 5.74) is 0.852. The van der Waals surface area contributed by atoms with E-state index in [0.717, 1.165) is 44.3 Å². The van der Waals surface area contributed by atoms with Crippen LogP contribution in [0, 0.1) is 0 Å². The number of likely N-dealkylation sites (tertiary alicyclic amines) is 1. The molecule has 4 nitrogen and oxygen atoms in total. The Labute approximate surface area is 142 Å². The van der Waals surface area contributed by atoms with E-state index >= 15 is 0 Å². The van der Waals surface area contributed by atoms with Gasteiger partial charge in [0.25, 0.3) is 0 Å². The lowest BCUT2D eigenvalue weighted by atomic mass is 9.85. The van der Waals surface area contributed by atoms with Gasteiger partial charge >= 0.3 is 0 Å². The van der Waals surface area contributed by atoms with Gasteiger partial charge in [-0.1, -0.05) is 23.7 Å². The van der Waals surface area contributed by atoms with Crippen LogP contribution in [0.15, 0.2) is 24.3 Å². The molecule has 1 aromatic rings. The molecule has 1 N–H and O–H groups in total. The number of rotatable bonds is 5. The summed E-state index contributed by atoms with van der Waals surface area (Å²) in [4.78, 5) is 26.0. The van der Waals surface area contributed by atoms with Crippen molar-refractivity contribution in [3.8, 4) is 0 Å². The predicted octanol–water partition coefficient (Wildman–Crippen LogP) is 2.93. The van der Waals surface area contributed by atoms with Crippen molar-refractivity contribution in [3.05, 3.63) is 34.9 Å². The Kier molecular flexibility index (Phi) is 4.90. The normalized spacial score (nSPS) is 24.0. The van der Waals surface area contributed by atoms with Crippen LogP contribution in [0.4, 0.5) is 0 Å². The van der Waals surface area contributed by atoms with Crippen molar-refractivity contribution in [1.82, 2.24) is 10.2 Å². The number of carbonyl (C=O) groups excluding carboxylic acids is 2. The molecule has 0 aliphatic carbocycles. The Hall–Kier alpha value is -1.55. The summed E-state index contributed by atoms with van der Waals surface area (Å²) >= 11 is 5.94. The van der Waals surface area contributed by atoms with Gasteiger partial charge in [-0.05, 0) is 49.8 Å². The number of carbonyl (C=O) groups is 2. The molecule has 5 heteroatoms. The molecule has 0 bridgehead atoms. The van der Waals surface area contributed by atoms with E-state index in [4.69, 9.17) is 11.6 Å². The minimum Gasteiger partial charge on any atom is -0.350 e. The summed E-state index contributed by atoms with van der Waals surface area (Å²) in [6, 6.07) is 7.74. The molecule has 0 saturated carbocycles. The summed E-state index contributed by atoms with van der Waals surface area (Å²) in [5, 5.41) is 3.84. The Bertz CT molecular complexity index is 581. The highest BCUT2D eigenvalue weighted by atomic mass is 35.5. The Morgan fingerprint density at radius 3 is 2.52 bits per heavy atom. The van der Waals surface area contributed by atoms with Gasteiger partial charge in [0.1, 0.15) is 0 Å². The molecule has 1 aromatic carbocycles. The smallest absolute Gasteiger partial charge is 0.222 e. The lowest BCUT2D eigenvalue weighted by molar-refractivity contribution is -0.130. The van der Waals surface area contributed by atoms with Crippen LogP contribution in [-0.4, -0.2) is 35.3 Å². The molecular weight excluding hydrogens is 312 g/mol. The number of benzene rings is 1. The van der Waals surface area contributed by atoms with E-state index in [0.29, 0.717) is 24.3 Å². The van der Waals surface area contributed by atoms with Crippen molar-refractivity contribution in [1.29, 1.82) is 0 Å². The number of nitrogens with one attached hydrogen (secondary N) is 1. The first-order chi connectivity index (χ1) is 11.1. The summed E-state index contributed by atoms with van der Waals surface area (Å²) in [6.45, 7) is 1.77. The number of amides is 2. The van der Waals surface area contributed by atoms with Crippen molar-refractivity contribution in [2.24, 2.45) is 0 Å². The van der Waals surface area contributed by atoms with E-state index < -0.39 is 0 Å². The largest absolute Gasteiger partial charge is 0.350 e. The van der Waals surface area contributed by atoms with Gasteiger partial charge in [-0.25, -0.2) is 0 Å². The van der Waals surface area contributed by atoms with E-state index in [1.54, 1.807) is 0 Å². The first-order valence-electron chi connectivity index (χ1n) is 8.40. The number of halogens is 1. The molecular formula is C18H23ClN2O2. The third-order valence-corrected chi connectivity index (χ3v) is 5.22. The maximum absolute atomic E-state index is 12.3. The average molecular weight is 335 g/mol. The van der Waals surface area contributed by atoms with Gasteiger partial charge in [-0.2, -0.15) is 0 Å². The molecule has 2 aliphatic heterocycles. The van der Waals surface area contributed by atoms with Gasteiger partial charge in [0.05, 0.1) is 0 Å². The number of hydrogen-bond acceptors (Lipinski definition) is 2. The minimum atomic E-state index is -0.291. The van der Waals surface area contributed by atoms with Crippen molar-refractivity contribution in [3.63, 3.8) is 0 Å². The summed E-state index contributed by atoms with van der Waals surface area (Å²) in [5.74, 6) is 0.312. The second kappa shape index (κ2) is 6.91. The molecule has 1 unspecified atom stereocenters. The number of hydrogen-bond donors (Lipinski definition) is 1. The molecule has 2 amide bonds. The summed E-state index contributed by atoms with van der Waals surface area (Å²) in [6.07, 6.45) is 5.53. The van der Waals surface area contributed by atoms with Crippen LogP contribution in [-0.2, 0) is 16.0 Å². The predicted molar refractivity (Wildman–Crippen MR) is 90.3 cm³/mol. The van der Waals surface area contributed by atoms with Crippen LogP contribution in [0.2, 0.25) is 5.02 Å². The topological polar surface area (TPSA) is 49.4 Å². The lowest BCUT2D eigenvalue weighted by Gasteiger charge is -2.30. The molecule has 23 heavy (non-hydrogen) atoms. The van der Waals surface area contributed by atoms with Crippen LogP contribution in [0.3, 0.4) is 0 Å². The zero-order valence-corrected chi connectivity index (χ0v) is 14.1. The maximum Gasteiger partial charge on any atom is 0.222 e. The van der Waals surface area contributed by atoms with Gasteiger partial charge in [0.15, 0.2) is 0 Å². The van der Waals surface area contributed by atoms with Crippen LogP contribution in [0.5, 0.6) is 0 Å². The zero-order valence-electron chi connectivity index (χ0n) is 13.3. The minimum absolute atomic E-state index is 0.0904. The standard InChI is InChI=1S/C18H23ClN2O2/c19-15-5-3-14(4-6-15)13-18(9-7-16(22)20-18)10-8-17(23)21-11-1-2-12-21/h3-6H,1-2,7-13H2,(H,20,22). The molecule has 1 atom stereocenters. The lowest BCUT2D eigenvalue weighted by Crippen LogP contribution is -2.44. The fraction of sp³-hybridized carbons (Fsp3) is 0.556. The third kappa shape index (κ3) is 4.05. The van der Waals surface area contributed by atoms with Crippen LogP contribution >= 0.6 is 11.6 Å². The fourth-order valence-electron chi connectivity index (χ4n) is 3.65. The Morgan fingerprint density at radius 1 is 1.22 bits per heavy atom. The highest BCUT2D eigenvalue weighted by Gasteiger charge is 2.38. The fourth-order valence-corrected chi connectivity index (χ4v) is 3.77. The van der Waals surface area contributed by atoms with E-state index in [2.05, 4.69) is 5.32 Å². The van der Waals surface area contributed by atoms with E-state index in [9.17, 15) is 9.59 Å². The molecule has 2 aliphatic rings. The number of nitrogens with zero attached hydrogens (tertiary/aromatic N) is 1. The van der Waals surface area contributed by atoms with Gasteiger partial charge in [0.2, 0.25) is 11.8 Å². The van der Waals surface area contributed by atoms with Crippen LogP contribution in [0.1, 0.15) is 44.1 Å². The molecule has 0 radical (unpaired) electrons. The second-order valence-electron chi connectivity index (χ2n) is 6.72. The SMILES string of the molecule is O=C1CCC(CCC(=O)N2CCCC2)(Cc2ccc(Cl)cc2)N1. The third-order valence-electron chi connectivity index (χ3n) is 4.97. The average Bonchev–Trinajstić information content (AvgIpc) is 3.18. The van der Waals surface area contributed by atoms with E-state index in [-0.39, 0.29) is 17.4 Å². The molecule has 2 heterocycles. The van der Waals surface area contributed by atoms with E-state index in [1.165, 1.54) is 0 Å². The highest BCUT2D eigenvalue weighted by molar-refractivity contribution is 6.30. The van der Waals surface area contributed by atoms with Gasteiger partial charge in [-0.3, -0.25) is 9.59 Å². The first kappa shape index (κ1) is 16.3. The van der Waals surface area contributed by atoms with Crippen LogP contribution < -0.4 is 5.32 Å². The van der Waals surface area contributed by atoms with Crippen molar-refractivity contribution in [2.75, 3.05) is 13.1 Å². The molecule has 3 rings (SSSR count). The van der Waals surface area contributed by atoms with E-state index in [1.807, 2.05) is 29.2 Å². The summed E-state index contributed by atoms with van der Waals surface area (Å²) < 4.78 is 0. The van der Waals surface area contributed by atoms with Gasteiger partial charge < -0.3 is 10.2 Å². The quantitative estimate of drug-likeness (QED) is 0.900. The molecule has 124 valence electrons. The van der Waals surface area contributed by atoms with Crippen molar-refractivity contribution < 1.29 is 9.59 Å². The second-order valence-corrected chi connectivity index (χ2v) is 7.16. The Balaban J connectivity index is 1.65. The Morgan fingerprint density at radius 2 is 1.91 bits per heavy atom. The molecule has 2 fully saturated rings. The van der Waals surface area contributed by atoms with Gasteiger partial charge in [0, 0.05) is 36.5 Å². The molecule has 2 saturated heterocycles. The first-order valence-corrected chi connectivity index (χ1v) is 8.77. The monoisotopic (exact) mass is 334 g/mol. The summed E-state index contributed by atoms with van der Waals surface area (Å²) in [7, 11) is 0. The van der Waals surface area contributed by atoms with Crippen LogP contribution in [0.25, 0.3) is 0 Å². The van der Waals surface area contributed by atoms with Crippen molar-refractivity contribution in [2.45, 2.75) is 50.5 Å².